The Labute approximate surface area is 143 Å². The van der Waals surface area contributed by atoms with Gasteiger partial charge in [0.15, 0.2) is 11.5 Å². The van der Waals surface area contributed by atoms with E-state index in [1.54, 1.807) is 12.5 Å². The molecule has 0 amide bonds. The van der Waals surface area contributed by atoms with Crippen LogP contribution in [0.25, 0.3) is 16.9 Å². The zero-order valence-corrected chi connectivity index (χ0v) is 13.8. The average Bonchev–Trinajstić information content (AvgIpc) is 3.22. The molecule has 120 valence electrons. The molecular weight excluding hydrogens is 324 g/mol. The van der Waals surface area contributed by atoms with Crippen LogP contribution >= 0.6 is 11.6 Å². The third kappa shape index (κ3) is 2.63. The van der Waals surface area contributed by atoms with Crippen LogP contribution in [0.5, 0.6) is 0 Å². The molecule has 6 heteroatoms. The first-order valence-corrected chi connectivity index (χ1v) is 7.97. The van der Waals surface area contributed by atoms with Gasteiger partial charge in [0.25, 0.3) is 0 Å². The van der Waals surface area contributed by atoms with E-state index in [1.807, 2.05) is 53.9 Å². The molecule has 3 aromatic heterocycles. The minimum Gasteiger partial charge on any atom is -0.467 e. The predicted octanol–water partition coefficient (Wildman–Crippen LogP) is 4.56. The van der Waals surface area contributed by atoms with Gasteiger partial charge >= 0.3 is 0 Å². The molecule has 4 aromatic rings. The zero-order valence-electron chi connectivity index (χ0n) is 13.0. The lowest BCUT2D eigenvalue weighted by molar-refractivity contribution is 0.518. The van der Waals surface area contributed by atoms with Gasteiger partial charge in [-0.2, -0.15) is 5.10 Å². The van der Waals surface area contributed by atoms with Crippen LogP contribution < -0.4 is 5.32 Å². The van der Waals surface area contributed by atoms with E-state index in [9.17, 15) is 0 Å². The summed E-state index contributed by atoms with van der Waals surface area (Å²) in [6, 6.07) is 13.5. The number of halogens is 1. The third-order valence-corrected chi connectivity index (χ3v) is 4.26. The molecule has 0 aliphatic carbocycles. The molecule has 0 atom stereocenters. The quantitative estimate of drug-likeness (QED) is 0.592. The molecule has 0 radical (unpaired) electrons. The molecule has 0 fully saturated rings. The van der Waals surface area contributed by atoms with Crippen LogP contribution in [0, 0.1) is 6.92 Å². The molecular formula is C18H15ClN4O. The topological polar surface area (TPSA) is 55.4 Å². The van der Waals surface area contributed by atoms with Crippen molar-refractivity contribution in [1.82, 2.24) is 14.6 Å². The summed E-state index contributed by atoms with van der Waals surface area (Å²) in [5.41, 5.74) is 3.64. The van der Waals surface area contributed by atoms with Crippen molar-refractivity contribution in [3.63, 3.8) is 0 Å². The highest BCUT2D eigenvalue weighted by atomic mass is 35.5. The monoisotopic (exact) mass is 338 g/mol. The number of hydrogen-bond donors (Lipinski definition) is 1. The number of anilines is 1. The van der Waals surface area contributed by atoms with Crippen molar-refractivity contribution < 1.29 is 4.42 Å². The molecule has 0 spiro atoms. The first-order chi connectivity index (χ1) is 11.7. The average molecular weight is 339 g/mol. The molecule has 0 saturated heterocycles. The Bertz CT molecular complexity index is 992. The zero-order chi connectivity index (χ0) is 16.5. The first kappa shape index (κ1) is 14.8. The molecule has 1 aromatic carbocycles. The van der Waals surface area contributed by atoms with Gasteiger partial charge in [0, 0.05) is 16.8 Å². The van der Waals surface area contributed by atoms with Crippen LogP contribution in [0.15, 0.2) is 59.3 Å². The number of aryl methyl sites for hydroxylation is 1. The van der Waals surface area contributed by atoms with Crippen LogP contribution in [0.1, 0.15) is 11.3 Å². The Hall–Kier alpha value is -2.79. The highest BCUT2D eigenvalue weighted by Crippen LogP contribution is 2.31. The van der Waals surface area contributed by atoms with Gasteiger partial charge in [-0.1, -0.05) is 23.7 Å². The summed E-state index contributed by atoms with van der Waals surface area (Å²) in [5.74, 6) is 1.58. The third-order valence-electron chi connectivity index (χ3n) is 3.85. The van der Waals surface area contributed by atoms with Gasteiger partial charge < -0.3 is 9.73 Å². The second-order valence-electron chi connectivity index (χ2n) is 5.50. The van der Waals surface area contributed by atoms with E-state index >= 15 is 0 Å². The van der Waals surface area contributed by atoms with Crippen LogP contribution in [-0.4, -0.2) is 14.6 Å². The molecule has 4 rings (SSSR count). The maximum absolute atomic E-state index is 6.31. The molecule has 3 heterocycles. The second-order valence-corrected chi connectivity index (χ2v) is 5.91. The molecule has 1 N–H and O–H groups in total. The first-order valence-electron chi connectivity index (χ1n) is 7.59. The summed E-state index contributed by atoms with van der Waals surface area (Å²) in [4.78, 5) is 4.65. The largest absolute Gasteiger partial charge is 0.467 e. The second kappa shape index (κ2) is 6.02. The van der Waals surface area contributed by atoms with E-state index in [0.717, 1.165) is 39.1 Å². The van der Waals surface area contributed by atoms with Crippen molar-refractivity contribution in [2.24, 2.45) is 0 Å². The molecule has 24 heavy (non-hydrogen) atoms. The van der Waals surface area contributed by atoms with E-state index < -0.39 is 0 Å². The SMILES string of the molecule is Cc1ccc(-c2c(NCc3ccco3)nc3cccnn23)cc1Cl. The van der Waals surface area contributed by atoms with Gasteiger partial charge in [-0.3, -0.25) is 0 Å². The molecule has 0 bridgehead atoms. The number of benzene rings is 1. The van der Waals surface area contributed by atoms with Crippen molar-refractivity contribution in [1.29, 1.82) is 0 Å². The summed E-state index contributed by atoms with van der Waals surface area (Å²) in [6.07, 6.45) is 3.40. The Balaban J connectivity index is 1.81. The van der Waals surface area contributed by atoms with Gasteiger partial charge in [0.1, 0.15) is 11.5 Å². The van der Waals surface area contributed by atoms with Gasteiger partial charge in [-0.25, -0.2) is 9.50 Å². The number of aromatic nitrogens is 3. The lowest BCUT2D eigenvalue weighted by atomic mass is 10.1. The molecule has 0 aliphatic heterocycles. The van der Waals surface area contributed by atoms with Gasteiger partial charge in [0.2, 0.25) is 0 Å². The van der Waals surface area contributed by atoms with E-state index in [0.29, 0.717) is 6.54 Å². The van der Waals surface area contributed by atoms with Crippen molar-refractivity contribution in [2.75, 3.05) is 5.32 Å². The maximum atomic E-state index is 6.31. The van der Waals surface area contributed by atoms with Crippen LogP contribution in [0.2, 0.25) is 5.02 Å². The number of hydrogen-bond acceptors (Lipinski definition) is 4. The number of nitrogens with zero attached hydrogens (tertiary/aromatic N) is 3. The van der Waals surface area contributed by atoms with Crippen molar-refractivity contribution in [3.8, 4) is 11.3 Å². The molecule has 0 saturated carbocycles. The molecule has 0 unspecified atom stereocenters. The van der Waals surface area contributed by atoms with Crippen LogP contribution in [0.3, 0.4) is 0 Å². The van der Waals surface area contributed by atoms with Gasteiger partial charge in [-0.15, -0.1) is 0 Å². The van der Waals surface area contributed by atoms with Crippen LogP contribution in [0.4, 0.5) is 5.82 Å². The van der Waals surface area contributed by atoms with Crippen molar-refractivity contribution >= 4 is 23.1 Å². The minimum absolute atomic E-state index is 0.545. The predicted molar refractivity (Wildman–Crippen MR) is 94.2 cm³/mol. The highest BCUT2D eigenvalue weighted by Gasteiger charge is 2.16. The lowest BCUT2D eigenvalue weighted by Gasteiger charge is -2.07. The maximum Gasteiger partial charge on any atom is 0.156 e. The van der Waals surface area contributed by atoms with Gasteiger partial charge in [-0.05, 0) is 42.8 Å². The lowest BCUT2D eigenvalue weighted by Crippen LogP contribution is -2.01. The number of nitrogens with one attached hydrogen (secondary N) is 1. The summed E-state index contributed by atoms with van der Waals surface area (Å²) >= 11 is 6.31. The number of fused-ring (bicyclic) bond motifs is 1. The fraction of sp³-hybridized carbons (Fsp3) is 0.111. The smallest absolute Gasteiger partial charge is 0.156 e. The highest BCUT2D eigenvalue weighted by molar-refractivity contribution is 6.31. The fourth-order valence-electron chi connectivity index (χ4n) is 2.60. The van der Waals surface area contributed by atoms with Crippen molar-refractivity contribution in [3.05, 3.63) is 71.3 Å². The summed E-state index contributed by atoms with van der Waals surface area (Å²) < 4.78 is 7.19. The Morgan fingerprint density at radius 1 is 1.21 bits per heavy atom. The number of furan rings is 1. The van der Waals surface area contributed by atoms with Gasteiger partial charge in [0.05, 0.1) is 12.8 Å². The number of rotatable bonds is 4. The Morgan fingerprint density at radius 3 is 2.92 bits per heavy atom. The standard InChI is InChI=1S/C18H15ClN4O/c1-12-6-7-13(10-15(12)19)17-18(20-11-14-4-3-9-24-14)22-16-5-2-8-21-23(16)17/h2-10,20H,11H2,1H3. The van der Waals surface area contributed by atoms with Crippen LogP contribution in [-0.2, 0) is 6.54 Å². The van der Waals surface area contributed by atoms with E-state index in [2.05, 4.69) is 15.4 Å². The molecule has 0 aliphatic rings. The Morgan fingerprint density at radius 2 is 2.12 bits per heavy atom. The van der Waals surface area contributed by atoms with Crippen molar-refractivity contribution in [2.45, 2.75) is 13.5 Å². The fourth-order valence-corrected chi connectivity index (χ4v) is 2.78. The van der Waals surface area contributed by atoms with E-state index in [1.165, 1.54) is 0 Å². The summed E-state index contributed by atoms with van der Waals surface area (Å²) in [6.45, 7) is 2.53. The summed E-state index contributed by atoms with van der Waals surface area (Å²) in [5, 5.41) is 8.47. The number of imidazole rings is 1. The normalized spacial score (nSPS) is 11.1. The molecule has 5 nitrogen and oxygen atoms in total. The Kier molecular flexibility index (Phi) is 3.70. The summed E-state index contributed by atoms with van der Waals surface area (Å²) in [7, 11) is 0. The minimum atomic E-state index is 0.545. The van der Waals surface area contributed by atoms with E-state index in [4.69, 9.17) is 16.0 Å². The van der Waals surface area contributed by atoms with E-state index in [-0.39, 0.29) is 0 Å².